The molecule has 0 unspecified atom stereocenters. The van der Waals surface area contributed by atoms with Crippen LogP contribution in [0.4, 0.5) is 0 Å². The number of benzene rings is 1. The maximum atomic E-state index is 10.6. The van der Waals surface area contributed by atoms with Gasteiger partial charge in [-0.15, -0.1) is 0 Å². The fraction of sp³-hybridized carbons (Fsp3) is 0. The average Bonchev–Trinajstić information content (AvgIpc) is 2.51. The molecule has 0 bridgehead atoms. The summed E-state index contributed by atoms with van der Waals surface area (Å²) in [5.41, 5.74) is 1.05. The van der Waals surface area contributed by atoms with Crippen molar-refractivity contribution in [1.82, 2.24) is 0 Å². The van der Waals surface area contributed by atoms with E-state index in [9.17, 15) is 4.79 Å². The minimum absolute atomic E-state index is 0.173. The summed E-state index contributed by atoms with van der Waals surface area (Å²) in [5, 5.41) is 9.43. The molecule has 4 heteroatoms. The molecule has 0 aliphatic rings. The monoisotopic (exact) mass is 172 g/mol. The number of hydrogen-bond acceptors (Lipinski definition) is 2. The molecule has 1 heterocycles. The second-order valence-electron chi connectivity index (χ2n) is 2.71. The van der Waals surface area contributed by atoms with Crippen molar-refractivity contribution in [1.29, 1.82) is 0 Å². The fourth-order valence-electron chi connectivity index (χ4n) is 1.23. The van der Waals surface area contributed by atoms with E-state index in [2.05, 4.69) is 0 Å². The third-order valence-electron chi connectivity index (χ3n) is 1.83. The molecule has 0 fully saturated rings. The fourth-order valence-corrected chi connectivity index (χ4v) is 1.23. The highest BCUT2D eigenvalue weighted by Crippen LogP contribution is 2.14. The minimum atomic E-state index is -0.991. The van der Waals surface area contributed by atoms with Crippen molar-refractivity contribution in [2.75, 3.05) is 0 Å². The standard InChI is InChI=1S/C9H5BO3/c10-7-4-6(9(11)12)3-5-1-2-13-8(5)7/h1-4H,(H,11,12). The molecule has 62 valence electrons. The van der Waals surface area contributed by atoms with Gasteiger partial charge in [-0.25, -0.2) is 4.79 Å². The summed E-state index contributed by atoms with van der Waals surface area (Å²) in [5.74, 6) is -0.991. The SMILES string of the molecule is [B]c1cc(C(=O)O)cc2ccoc12. The highest BCUT2D eigenvalue weighted by atomic mass is 16.4. The number of fused-ring (bicyclic) bond motifs is 1. The molecule has 2 radical (unpaired) electrons. The number of carboxylic acids is 1. The van der Waals surface area contributed by atoms with Crippen LogP contribution < -0.4 is 5.46 Å². The van der Waals surface area contributed by atoms with Crippen LogP contribution in [0.15, 0.2) is 28.9 Å². The molecular weight excluding hydrogens is 167 g/mol. The van der Waals surface area contributed by atoms with Gasteiger partial charge in [-0.2, -0.15) is 0 Å². The molecule has 13 heavy (non-hydrogen) atoms. The van der Waals surface area contributed by atoms with Crippen LogP contribution in [0.2, 0.25) is 0 Å². The molecule has 0 atom stereocenters. The van der Waals surface area contributed by atoms with Crippen LogP contribution in [0.3, 0.4) is 0 Å². The Morgan fingerprint density at radius 1 is 1.46 bits per heavy atom. The summed E-state index contributed by atoms with van der Waals surface area (Å²) >= 11 is 0. The zero-order valence-corrected chi connectivity index (χ0v) is 6.65. The summed E-state index contributed by atoms with van der Waals surface area (Å²) in [4.78, 5) is 10.6. The highest BCUT2D eigenvalue weighted by molar-refractivity contribution is 6.38. The first-order valence-electron chi connectivity index (χ1n) is 3.68. The second kappa shape index (κ2) is 2.66. The van der Waals surface area contributed by atoms with Gasteiger partial charge in [0.1, 0.15) is 13.4 Å². The molecule has 0 aliphatic heterocycles. The molecule has 3 nitrogen and oxygen atoms in total. The van der Waals surface area contributed by atoms with Crippen molar-refractivity contribution in [3.63, 3.8) is 0 Å². The number of carbonyl (C=O) groups is 1. The predicted molar refractivity (Wildman–Crippen MR) is 48.6 cm³/mol. The van der Waals surface area contributed by atoms with Crippen molar-refractivity contribution < 1.29 is 14.3 Å². The van der Waals surface area contributed by atoms with Gasteiger partial charge in [0.15, 0.2) is 0 Å². The van der Waals surface area contributed by atoms with E-state index in [-0.39, 0.29) is 5.56 Å². The van der Waals surface area contributed by atoms with Gasteiger partial charge in [-0.3, -0.25) is 0 Å². The molecule has 0 amide bonds. The Morgan fingerprint density at radius 2 is 2.23 bits per heavy atom. The maximum Gasteiger partial charge on any atom is 0.335 e. The third-order valence-corrected chi connectivity index (χ3v) is 1.83. The molecule has 1 aromatic heterocycles. The van der Waals surface area contributed by atoms with Gasteiger partial charge in [0, 0.05) is 5.39 Å². The first kappa shape index (κ1) is 7.92. The molecular formula is C9H5BO3. The minimum Gasteiger partial charge on any atom is -0.478 e. The Labute approximate surface area is 75.4 Å². The molecule has 0 saturated carbocycles. The summed E-state index contributed by atoms with van der Waals surface area (Å²) in [6.45, 7) is 0. The number of furan rings is 1. The van der Waals surface area contributed by atoms with Gasteiger partial charge in [-0.1, -0.05) is 11.5 Å². The van der Waals surface area contributed by atoms with E-state index < -0.39 is 5.97 Å². The van der Waals surface area contributed by atoms with Gasteiger partial charge >= 0.3 is 5.97 Å². The van der Waals surface area contributed by atoms with Crippen LogP contribution >= 0.6 is 0 Å². The first-order valence-corrected chi connectivity index (χ1v) is 3.68. The van der Waals surface area contributed by atoms with E-state index in [1.807, 2.05) is 0 Å². The summed E-state index contributed by atoms with van der Waals surface area (Å²) in [6, 6.07) is 4.59. The number of aromatic carboxylic acids is 1. The summed E-state index contributed by atoms with van der Waals surface area (Å²) in [6.07, 6.45) is 1.48. The van der Waals surface area contributed by atoms with Gasteiger partial charge < -0.3 is 9.52 Å². The van der Waals surface area contributed by atoms with E-state index in [4.69, 9.17) is 17.4 Å². The van der Waals surface area contributed by atoms with Gasteiger partial charge in [0.25, 0.3) is 0 Å². The van der Waals surface area contributed by atoms with Gasteiger partial charge in [-0.05, 0) is 12.1 Å². The number of carboxylic acid groups (broad SMARTS) is 1. The number of hydrogen-bond donors (Lipinski definition) is 1. The smallest absolute Gasteiger partial charge is 0.335 e. The Hall–Kier alpha value is -1.71. The van der Waals surface area contributed by atoms with E-state index in [0.717, 1.165) is 0 Å². The van der Waals surface area contributed by atoms with Crippen LogP contribution in [-0.2, 0) is 0 Å². The van der Waals surface area contributed by atoms with Gasteiger partial charge in [0.05, 0.1) is 11.8 Å². The largest absolute Gasteiger partial charge is 0.478 e. The topological polar surface area (TPSA) is 50.4 Å². The van der Waals surface area contributed by atoms with E-state index >= 15 is 0 Å². The molecule has 1 aromatic carbocycles. The predicted octanol–water partition coefficient (Wildman–Crippen LogP) is 0.925. The molecule has 2 aromatic rings. The lowest BCUT2D eigenvalue weighted by Gasteiger charge is -1.98. The normalized spacial score (nSPS) is 10.5. The second-order valence-corrected chi connectivity index (χ2v) is 2.71. The van der Waals surface area contributed by atoms with E-state index in [1.54, 1.807) is 6.07 Å². The lowest BCUT2D eigenvalue weighted by atomic mass is 9.92. The van der Waals surface area contributed by atoms with Gasteiger partial charge in [0.2, 0.25) is 0 Å². The molecule has 1 N–H and O–H groups in total. The van der Waals surface area contributed by atoms with Crippen LogP contribution in [0.1, 0.15) is 10.4 Å². The molecule has 2 rings (SSSR count). The summed E-state index contributed by atoms with van der Waals surface area (Å²) < 4.78 is 5.07. The quantitative estimate of drug-likeness (QED) is 0.650. The van der Waals surface area contributed by atoms with Crippen molar-refractivity contribution in [3.05, 3.63) is 30.0 Å². The zero-order valence-electron chi connectivity index (χ0n) is 6.65. The lowest BCUT2D eigenvalue weighted by Crippen LogP contribution is -2.07. The third kappa shape index (κ3) is 1.20. The Kier molecular flexibility index (Phi) is 1.62. The van der Waals surface area contributed by atoms with Crippen LogP contribution in [0.5, 0.6) is 0 Å². The average molecular weight is 172 g/mol. The van der Waals surface area contributed by atoms with Crippen LogP contribution in [0, 0.1) is 0 Å². The van der Waals surface area contributed by atoms with Crippen molar-refractivity contribution in [2.24, 2.45) is 0 Å². The summed E-state index contributed by atoms with van der Waals surface area (Å²) in [7, 11) is 5.58. The molecule has 0 saturated heterocycles. The first-order chi connectivity index (χ1) is 6.18. The van der Waals surface area contributed by atoms with Crippen molar-refractivity contribution in [3.8, 4) is 0 Å². The van der Waals surface area contributed by atoms with Crippen molar-refractivity contribution >= 4 is 30.2 Å². The molecule has 0 aliphatic carbocycles. The maximum absolute atomic E-state index is 10.6. The Balaban J connectivity index is 2.77. The van der Waals surface area contributed by atoms with Crippen LogP contribution in [0.25, 0.3) is 11.0 Å². The zero-order chi connectivity index (χ0) is 9.42. The molecule has 0 spiro atoms. The van der Waals surface area contributed by atoms with E-state index in [0.29, 0.717) is 16.4 Å². The number of rotatable bonds is 1. The lowest BCUT2D eigenvalue weighted by molar-refractivity contribution is 0.0697. The van der Waals surface area contributed by atoms with Crippen molar-refractivity contribution in [2.45, 2.75) is 0 Å². The highest BCUT2D eigenvalue weighted by Gasteiger charge is 2.07. The Morgan fingerprint density at radius 3 is 2.92 bits per heavy atom. The van der Waals surface area contributed by atoms with Crippen LogP contribution in [-0.4, -0.2) is 18.9 Å². The Bertz CT molecular complexity index is 473. The van der Waals surface area contributed by atoms with E-state index in [1.165, 1.54) is 18.4 Å².